The molecule has 112 valence electrons. The van der Waals surface area contributed by atoms with Gasteiger partial charge in [-0.2, -0.15) is 0 Å². The van der Waals surface area contributed by atoms with Crippen LogP contribution in [0.2, 0.25) is 0 Å². The molecule has 1 saturated heterocycles. The molecule has 0 spiro atoms. The van der Waals surface area contributed by atoms with E-state index >= 15 is 0 Å². The Labute approximate surface area is 123 Å². The van der Waals surface area contributed by atoms with E-state index in [4.69, 9.17) is 5.73 Å². The van der Waals surface area contributed by atoms with Crippen molar-refractivity contribution < 1.29 is 0 Å². The minimum Gasteiger partial charge on any atom is -0.329 e. The Morgan fingerprint density at radius 2 is 1.85 bits per heavy atom. The topological polar surface area (TPSA) is 32.5 Å². The van der Waals surface area contributed by atoms with Gasteiger partial charge in [-0.25, -0.2) is 0 Å². The van der Waals surface area contributed by atoms with Crippen LogP contribution in [0.1, 0.15) is 31.2 Å². The van der Waals surface area contributed by atoms with Crippen LogP contribution in [-0.2, 0) is 0 Å². The number of likely N-dealkylation sites (N-methyl/N-ethyl adjacent to an activating group) is 1. The first-order valence-electron chi connectivity index (χ1n) is 7.88. The van der Waals surface area contributed by atoms with E-state index in [1.807, 2.05) is 0 Å². The Bertz CT molecular complexity index is 379. The van der Waals surface area contributed by atoms with E-state index in [0.29, 0.717) is 12.0 Å². The predicted molar refractivity (Wildman–Crippen MR) is 86.0 cm³/mol. The predicted octanol–water partition coefficient (Wildman–Crippen LogP) is 2.15. The molecule has 2 rings (SSSR count). The van der Waals surface area contributed by atoms with E-state index in [9.17, 15) is 0 Å². The van der Waals surface area contributed by atoms with Gasteiger partial charge in [0.05, 0.1) is 0 Å². The van der Waals surface area contributed by atoms with Crippen molar-refractivity contribution in [3.63, 3.8) is 0 Å². The van der Waals surface area contributed by atoms with E-state index in [2.05, 4.69) is 54.1 Å². The molecule has 0 radical (unpaired) electrons. The number of nitrogens with two attached hydrogens (primary N) is 1. The zero-order chi connectivity index (χ0) is 14.4. The SMILES string of the molecule is CC(CC(CN)N1CCCN(C)CC1)c1ccccc1. The first kappa shape index (κ1) is 15.5. The average Bonchev–Trinajstić information content (AvgIpc) is 2.70. The van der Waals surface area contributed by atoms with Gasteiger partial charge in [0, 0.05) is 25.7 Å². The maximum absolute atomic E-state index is 6.06. The molecule has 2 atom stereocenters. The smallest absolute Gasteiger partial charge is 0.0224 e. The molecule has 1 aliphatic heterocycles. The van der Waals surface area contributed by atoms with Crippen molar-refractivity contribution in [2.24, 2.45) is 5.73 Å². The van der Waals surface area contributed by atoms with Gasteiger partial charge in [0.2, 0.25) is 0 Å². The van der Waals surface area contributed by atoms with Gasteiger partial charge in [-0.15, -0.1) is 0 Å². The molecular weight excluding hydrogens is 246 g/mol. The van der Waals surface area contributed by atoms with Crippen LogP contribution in [0.3, 0.4) is 0 Å². The maximum atomic E-state index is 6.06. The van der Waals surface area contributed by atoms with Crippen LogP contribution in [0.25, 0.3) is 0 Å². The first-order chi connectivity index (χ1) is 9.70. The van der Waals surface area contributed by atoms with Crippen molar-refractivity contribution in [1.29, 1.82) is 0 Å². The van der Waals surface area contributed by atoms with Gasteiger partial charge in [0.25, 0.3) is 0 Å². The molecule has 1 aliphatic rings. The van der Waals surface area contributed by atoms with Crippen LogP contribution in [0.4, 0.5) is 0 Å². The van der Waals surface area contributed by atoms with Gasteiger partial charge in [0.15, 0.2) is 0 Å². The summed E-state index contributed by atoms with van der Waals surface area (Å²) >= 11 is 0. The minimum atomic E-state index is 0.511. The summed E-state index contributed by atoms with van der Waals surface area (Å²) in [6.07, 6.45) is 2.41. The number of nitrogens with zero attached hydrogens (tertiary/aromatic N) is 2. The monoisotopic (exact) mass is 275 g/mol. The third kappa shape index (κ3) is 4.30. The van der Waals surface area contributed by atoms with Gasteiger partial charge >= 0.3 is 0 Å². The molecule has 3 nitrogen and oxygen atoms in total. The summed E-state index contributed by atoms with van der Waals surface area (Å²) in [6, 6.07) is 11.3. The van der Waals surface area contributed by atoms with Crippen molar-refractivity contribution in [2.45, 2.75) is 31.7 Å². The highest BCUT2D eigenvalue weighted by Gasteiger charge is 2.22. The Kier molecular flexibility index (Phi) is 6.02. The Morgan fingerprint density at radius 3 is 2.55 bits per heavy atom. The van der Waals surface area contributed by atoms with Gasteiger partial charge < -0.3 is 10.6 Å². The molecular formula is C17H29N3. The van der Waals surface area contributed by atoms with Crippen LogP contribution >= 0.6 is 0 Å². The van der Waals surface area contributed by atoms with Crippen molar-refractivity contribution in [2.75, 3.05) is 39.8 Å². The van der Waals surface area contributed by atoms with Crippen LogP contribution < -0.4 is 5.73 Å². The van der Waals surface area contributed by atoms with Crippen LogP contribution in [0.15, 0.2) is 30.3 Å². The summed E-state index contributed by atoms with van der Waals surface area (Å²) in [7, 11) is 2.22. The Hall–Kier alpha value is -0.900. The van der Waals surface area contributed by atoms with Crippen LogP contribution in [0, 0.1) is 0 Å². The highest BCUT2D eigenvalue weighted by atomic mass is 15.2. The van der Waals surface area contributed by atoms with Crippen LogP contribution in [-0.4, -0.2) is 55.6 Å². The highest BCUT2D eigenvalue weighted by Crippen LogP contribution is 2.22. The molecule has 1 aromatic rings. The van der Waals surface area contributed by atoms with E-state index in [0.717, 1.165) is 26.1 Å². The zero-order valence-corrected chi connectivity index (χ0v) is 13.0. The fraction of sp³-hybridized carbons (Fsp3) is 0.647. The summed E-state index contributed by atoms with van der Waals surface area (Å²) in [6.45, 7) is 7.80. The van der Waals surface area contributed by atoms with Crippen molar-refractivity contribution >= 4 is 0 Å². The summed E-state index contributed by atoms with van der Waals surface area (Å²) < 4.78 is 0. The second-order valence-corrected chi connectivity index (χ2v) is 6.13. The lowest BCUT2D eigenvalue weighted by Crippen LogP contribution is -2.43. The van der Waals surface area contributed by atoms with E-state index < -0.39 is 0 Å². The molecule has 0 aromatic heterocycles. The lowest BCUT2D eigenvalue weighted by atomic mass is 9.93. The molecule has 1 fully saturated rings. The fourth-order valence-electron chi connectivity index (χ4n) is 3.15. The number of rotatable bonds is 5. The third-order valence-electron chi connectivity index (χ3n) is 4.54. The van der Waals surface area contributed by atoms with Gasteiger partial charge in [-0.05, 0) is 44.5 Å². The molecule has 2 N–H and O–H groups in total. The summed E-state index contributed by atoms with van der Waals surface area (Å²) in [5, 5.41) is 0. The lowest BCUT2D eigenvalue weighted by molar-refractivity contribution is 0.190. The Morgan fingerprint density at radius 1 is 1.10 bits per heavy atom. The Balaban J connectivity index is 1.94. The van der Waals surface area contributed by atoms with Crippen molar-refractivity contribution in [3.05, 3.63) is 35.9 Å². The molecule has 20 heavy (non-hydrogen) atoms. The van der Waals surface area contributed by atoms with Crippen molar-refractivity contribution in [3.8, 4) is 0 Å². The molecule has 3 heteroatoms. The second-order valence-electron chi connectivity index (χ2n) is 6.13. The van der Waals surface area contributed by atoms with E-state index in [-0.39, 0.29) is 0 Å². The van der Waals surface area contributed by atoms with E-state index in [1.165, 1.54) is 25.1 Å². The highest BCUT2D eigenvalue weighted by molar-refractivity contribution is 5.18. The fourth-order valence-corrected chi connectivity index (χ4v) is 3.15. The van der Waals surface area contributed by atoms with Gasteiger partial charge in [0.1, 0.15) is 0 Å². The van der Waals surface area contributed by atoms with E-state index in [1.54, 1.807) is 0 Å². The maximum Gasteiger partial charge on any atom is 0.0224 e. The molecule has 1 aromatic carbocycles. The largest absolute Gasteiger partial charge is 0.329 e. The minimum absolute atomic E-state index is 0.511. The summed E-state index contributed by atoms with van der Waals surface area (Å²) in [5.74, 6) is 0.575. The molecule has 0 bridgehead atoms. The quantitative estimate of drug-likeness (QED) is 0.893. The summed E-state index contributed by atoms with van der Waals surface area (Å²) in [4.78, 5) is 5.02. The third-order valence-corrected chi connectivity index (χ3v) is 4.54. The van der Waals surface area contributed by atoms with Gasteiger partial charge in [-0.1, -0.05) is 37.3 Å². The number of hydrogen-bond acceptors (Lipinski definition) is 3. The molecule has 2 unspecified atom stereocenters. The lowest BCUT2D eigenvalue weighted by Gasteiger charge is -2.31. The summed E-state index contributed by atoms with van der Waals surface area (Å²) in [5.41, 5.74) is 7.49. The molecule has 0 saturated carbocycles. The normalized spacial score (nSPS) is 21.4. The average molecular weight is 275 g/mol. The first-order valence-corrected chi connectivity index (χ1v) is 7.88. The van der Waals surface area contributed by atoms with Gasteiger partial charge in [-0.3, -0.25) is 4.90 Å². The number of hydrogen-bond donors (Lipinski definition) is 1. The molecule has 0 amide bonds. The zero-order valence-electron chi connectivity index (χ0n) is 13.0. The number of benzene rings is 1. The molecule has 1 heterocycles. The standard InChI is InChI=1S/C17H29N3/c1-15(16-7-4-3-5-8-16)13-17(14-18)20-10-6-9-19(2)11-12-20/h3-5,7-8,15,17H,6,9-14,18H2,1-2H3. The second kappa shape index (κ2) is 7.77. The van der Waals surface area contributed by atoms with Crippen LogP contribution in [0.5, 0.6) is 0 Å². The van der Waals surface area contributed by atoms with Crippen molar-refractivity contribution in [1.82, 2.24) is 9.80 Å². The molecule has 0 aliphatic carbocycles.